The number of anilines is 1. The zero-order chi connectivity index (χ0) is 17.9. The van der Waals surface area contributed by atoms with E-state index in [4.69, 9.17) is 4.74 Å². The molecule has 0 radical (unpaired) electrons. The number of para-hydroxylation sites is 1. The van der Waals surface area contributed by atoms with Crippen LogP contribution in [0.2, 0.25) is 0 Å². The Kier molecular flexibility index (Phi) is 5.12. The van der Waals surface area contributed by atoms with E-state index in [-0.39, 0.29) is 11.4 Å². The van der Waals surface area contributed by atoms with Gasteiger partial charge in [0.25, 0.3) is 0 Å². The maximum atomic E-state index is 13.1. The predicted molar refractivity (Wildman–Crippen MR) is 102 cm³/mol. The van der Waals surface area contributed by atoms with E-state index in [1.54, 1.807) is 7.11 Å². The molecule has 3 nitrogen and oxygen atoms in total. The molecule has 0 atom stereocenters. The van der Waals surface area contributed by atoms with Gasteiger partial charge in [-0.25, -0.2) is 0 Å². The number of ether oxygens (including phenoxy) is 1. The average molecular weight is 337 g/mol. The lowest BCUT2D eigenvalue weighted by atomic mass is 9.86. The number of carbonyl (C=O) groups excluding carboxylic acids is 1. The van der Waals surface area contributed by atoms with Crippen molar-refractivity contribution in [1.29, 1.82) is 0 Å². The molecule has 0 unspecified atom stereocenters. The van der Waals surface area contributed by atoms with E-state index in [0.717, 1.165) is 37.1 Å². The molecule has 1 aliphatic rings. The molecule has 0 fully saturated rings. The van der Waals surface area contributed by atoms with Crippen molar-refractivity contribution < 1.29 is 9.53 Å². The molecule has 3 heteroatoms. The molecule has 1 amide bonds. The highest BCUT2D eigenvalue weighted by atomic mass is 16.5. The first-order chi connectivity index (χ1) is 12.0. The summed E-state index contributed by atoms with van der Waals surface area (Å²) in [6, 6.07) is 16.4. The van der Waals surface area contributed by atoms with Crippen LogP contribution < -0.4 is 9.64 Å². The van der Waals surface area contributed by atoms with Crippen LogP contribution in [-0.2, 0) is 17.6 Å². The number of hydrogen-bond donors (Lipinski definition) is 0. The van der Waals surface area contributed by atoms with Gasteiger partial charge in [0.15, 0.2) is 0 Å². The van der Waals surface area contributed by atoms with Crippen LogP contribution in [0.25, 0.3) is 0 Å². The topological polar surface area (TPSA) is 29.5 Å². The lowest BCUT2D eigenvalue weighted by molar-refractivity contribution is -0.119. The molecule has 0 bridgehead atoms. The first-order valence-electron chi connectivity index (χ1n) is 9.06. The molecule has 0 aliphatic carbocycles. The smallest absolute Gasteiger partial charge is 0.227 e. The molecule has 0 saturated carbocycles. The number of aryl methyl sites for hydroxylation is 2. The van der Waals surface area contributed by atoms with E-state index in [1.807, 2.05) is 35.2 Å². The fraction of sp³-hybridized carbons (Fsp3) is 0.409. The van der Waals surface area contributed by atoms with Crippen LogP contribution in [0.5, 0.6) is 5.75 Å². The summed E-state index contributed by atoms with van der Waals surface area (Å²) in [5.41, 5.74) is 3.26. The number of rotatable bonds is 5. The first kappa shape index (κ1) is 17.5. The summed E-state index contributed by atoms with van der Waals surface area (Å²) in [6.45, 7) is 4.30. The van der Waals surface area contributed by atoms with Crippen LogP contribution in [0.15, 0.2) is 48.5 Å². The molecule has 3 rings (SSSR count). The summed E-state index contributed by atoms with van der Waals surface area (Å²) >= 11 is 0. The Morgan fingerprint density at radius 2 is 1.88 bits per heavy atom. The maximum Gasteiger partial charge on any atom is 0.227 e. The van der Waals surface area contributed by atoms with Crippen LogP contribution in [0.1, 0.15) is 44.2 Å². The fourth-order valence-electron chi connectivity index (χ4n) is 3.71. The van der Waals surface area contributed by atoms with E-state index in [1.165, 1.54) is 11.1 Å². The van der Waals surface area contributed by atoms with Gasteiger partial charge in [-0.15, -0.1) is 0 Å². The Morgan fingerprint density at radius 3 is 2.60 bits per heavy atom. The molecule has 0 saturated heterocycles. The summed E-state index contributed by atoms with van der Waals surface area (Å²) in [6.07, 6.45) is 4.29. The predicted octanol–water partition coefficient (Wildman–Crippen LogP) is 4.78. The molecular weight excluding hydrogens is 310 g/mol. The van der Waals surface area contributed by atoms with Gasteiger partial charge in [-0.05, 0) is 56.7 Å². The monoisotopic (exact) mass is 337 g/mol. The van der Waals surface area contributed by atoms with Gasteiger partial charge < -0.3 is 9.64 Å². The second kappa shape index (κ2) is 7.30. The molecule has 25 heavy (non-hydrogen) atoms. The van der Waals surface area contributed by atoms with E-state index in [9.17, 15) is 4.79 Å². The lowest BCUT2D eigenvalue weighted by Crippen LogP contribution is -2.51. The SMILES string of the molecule is COc1cccc2c1N(C(=O)CCCc1ccccc1)C(C)(C)CC2. The Balaban J connectivity index is 1.79. The Labute approximate surface area is 150 Å². The van der Waals surface area contributed by atoms with Crippen LogP contribution in [0.4, 0.5) is 5.69 Å². The van der Waals surface area contributed by atoms with E-state index in [2.05, 4.69) is 32.0 Å². The molecule has 2 aromatic carbocycles. The second-order valence-corrected chi connectivity index (χ2v) is 7.35. The van der Waals surface area contributed by atoms with E-state index < -0.39 is 0 Å². The van der Waals surface area contributed by atoms with Gasteiger partial charge >= 0.3 is 0 Å². The number of hydrogen-bond acceptors (Lipinski definition) is 2. The lowest BCUT2D eigenvalue weighted by Gasteiger charge is -2.44. The summed E-state index contributed by atoms with van der Waals surface area (Å²) in [4.78, 5) is 15.1. The molecular formula is C22H27NO2. The van der Waals surface area contributed by atoms with Gasteiger partial charge in [-0.1, -0.05) is 42.5 Å². The van der Waals surface area contributed by atoms with Crippen LogP contribution in [0, 0.1) is 0 Å². The van der Waals surface area contributed by atoms with Gasteiger partial charge in [0.1, 0.15) is 5.75 Å². The Bertz CT molecular complexity index is 723. The standard InChI is InChI=1S/C22H27NO2/c1-22(2)16-15-18-12-8-13-19(25-3)21(18)23(22)20(24)14-7-11-17-9-5-4-6-10-17/h4-6,8-10,12-13H,7,11,14-16H2,1-3H3. The van der Waals surface area contributed by atoms with Gasteiger partial charge in [0, 0.05) is 12.0 Å². The molecule has 132 valence electrons. The molecule has 0 spiro atoms. The highest BCUT2D eigenvalue weighted by Gasteiger charge is 2.38. The number of benzene rings is 2. The molecule has 0 N–H and O–H groups in total. The summed E-state index contributed by atoms with van der Waals surface area (Å²) in [7, 11) is 1.68. The number of carbonyl (C=O) groups is 1. The largest absolute Gasteiger partial charge is 0.495 e. The minimum absolute atomic E-state index is 0.186. The van der Waals surface area contributed by atoms with Crippen molar-refractivity contribution in [2.24, 2.45) is 0 Å². The highest BCUT2D eigenvalue weighted by molar-refractivity contribution is 5.97. The molecule has 1 aliphatic heterocycles. The van der Waals surface area contributed by atoms with Gasteiger partial charge in [-0.3, -0.25) is 4.79 Å². The maximum absolute atomic E-state index is 13.1. The Morgan fingerprint density at radius 1 is 1.12 bits per heavy atom. The Hall–Kier alpha value is -2.29. The first-order valence-corrected chi connectivity index (χ1v) is 9.06. The number of amides is 1. The van der Waals surface area contributed by atoms with Gasteiger partial charge in [0.05, 0.1) is 12.8 Å². The van der Waals surface area contributed by atoms with Crippen molar-refractivity contribution in [3.05, 3.63) is 59.7 Å². The number of methoxy groups -OCH3 is 1. The van der Waals surface area contributed by atoms with Crippen molar-refractivity contribution >= 4 is 11.6 Å². The normalized spacial score (nSPS) is 15.6. The third kappa shape index (κ3) is 3.71. The average Bonchev–Trinajstić information content (AvgIpc) is 2.61. The number of nitrogens with zero attached hydrogens (tertiary/aromatic N) is 1. The highest BCUT2D eigenvalue weighted by Crippen LogP contribution is 2.43. The van der Waals surface area contributed by atoms with Crippen molar-refractivity contribution in [1.82, 2.24) is 0 Å². The summed E-state index contributed by atoms with van der Waals surface area (Å²) in [5.74, 6) is 0.980. The fourth-order valence-corrected chi connectivity index (χ4v) is 3.71. The van der Waals surface area contributed by atoms with Crippen molar-refractivity contribution in [2.45, 2.75) is 51.5 Å². The summed E-state index contributed by atoms with van der Waals surface area (Å²) < 4.78 is 5.57. The van der Waals surface area contributed by atoms with E-state index in [0.29, 0.717) is 6.42 Å². The zero-order valence-corrected chi connectivity index (χ0v) is 15.4. The molecule has 0 aromatic heterocycles. The molecule has 1 heterocycles. The van der Waals surface area contributed by atoms with Gasteiger partial charge in [0.2, 0.25) is 5.91 Å². The number of fused-ring (bicyclic) bond motifs is 1. The van der Waals surface area contributed by atoms with Crippen molar-refractivity contribution in [3.63, 3.8) is 0 Å². The van der Waals surface area contributed by atoms with Gasteiger partial charge in [-0.2, -0.15) is 0 Å². The van der Waals surface area contributed by atoms with Crippen LogP contribution >= 0.6 is 0 Å². The minimum Gasteiger partial charge on any atom is -0.495 e. The van der Waals surface area contributed by atoms with E-state index >= 15 is 0 Å². The van der Waals surface area contributed by atoms with Crippen LogP contribution in [-0.4, -0.2) is 18.6 Å². The quantitative estimate of drug-likeness (QED) is 0.786. The van der Waals surface area contributed by atoms with Crippen molar-refractivity contribution in [3.8, 4) is 5.75 Å². The summed E-state index contributed by atoms with van der Waals surface area (Å²) in [5, 5.41) is 0. The minimum atomic E-state index is -0.189. The van der Waals surface area contributed by atoms with Crippen molar-refractivity contribution in [2.75, 3.05) is 12.0 Å². The zero-order valence-electron chi connectivity index (χ0n) is 15.4. The second-order valence-electron chi connectivity index (χ2n) is 7.35. The third-order valence-electron chi connectivity index (χ3n) is 5.09. The third-order valence-corrected chi connectivity index (χ3v) is 5.09. The molecule has 2 aromatic rings. The van der Waals surface area contributed by atoms with Crippen LogP contribution in [0.3, 0.4) is 0 Å².